The summed E-state index contributed by atoms with van der Waals surface area (Å²) in [6, 6.07) is 2.59. The van der Waals surface area contributed by atoms with Crippen LogP contribution in [-0.4, -0.2) is 38.0 Å². The van der Waals surface area contributed by atoms with Crippen molar-refractivity contribution in [3.8, 4) is 0 Å². The largest absolute Gasteiger partial charge is 0.471 e. The predicted molar refractivity (Wildman–Crippen MR) is 77.1 cm³/mol. The van der Waals surface area contributed by atoms with E-state index in [9.17, 15) is 26.4 Å². The fraction of sp³-hybridized carbons (Fsp3) is 0.417. The van der Waals surface area contributed by atoms with E-state index >= 15 is 0 Å². The van der Waals surface area contributed by atoms with Crippen molar-refractivity contribution in [3.63, 3.8) is 0 Å². The number of hydrogen-bond acceptors (Lipinski definition) is 3. The first-order chi connectivity index (χ1) is 10.0. The molecule has 1 aromatic carbocycles. The normalized spacial score (nSPS) is 20.9. The smallest absolute Gasteiger partial charge is 0.299 e. The molecular weight excluding hydrogens is 366 g/mol. The molecule has 1 atom stereocenters. The number of anilines is 1. The van der Waals surface area contributed by atoms with Gasteiger partial charge in [0.15, 0.2) is 9.84 Å². The van der Waals surface area contributed by atoms with Crippen LogP contribution < -0.4 is 4.90 Å². The lowest BCUT2D eigenvalue weighted by Gasteiger charge is -2.29. The molecule has 10 heteroatoms. The van der Waals surface area contributed by atoms with Gasteiger partial charge in [-0.25, -0.2) is 8.42 Å². The molecule has 122 valence electrons. The Hall–Kier alpha value is -0.990. The lowest BCUT2D eigenvalue weighted by molar-refractivity contribution is -0.170. The SMILES string of the molecule is O=C(N(c1cc(Cl)ccc1Cl)C1CCS(=O)(=O)C1)C(F)(F)F. The van der Waals surface area contributed by atoms with Gasteiger partial charge in [-0.15, -0.1) is 0 Å². The number of alkyl halides is 3. The molecule has 0 N–H and O–H groups in total. The van der Waals surface area contributed by atoms with Crippen LogP contribution in [0.15, 0.2) is 18.2 Å². The monoisotopic (exact) mass is 375 g/mol. The highest BCUT2D eigenvalue weighted by Gasteiger charge is 2.48. The van der Waals surface area contributed by atoms with Crippen LogP contribution in [0.2, 0.25) is 10.0 Å². The molecule has 1 aromatic rings. The van der Waals surface area contributed by atoms with Crippen molar-refractivity contribution < 1.29 is 26.4 Å². The van der Waals surface area contributed by atoms with Gasteiger partial charge in [0.1, 0.15) is 0 Å². The molecule has 4 nitrogen and oxygen atoms in total. The van der Waals surface area contributed by atoms with Crippen molar-refractivity contribution >= 4 is 44.6 Å². The van der Waals surface area contributed by atoms with Crippen LogP contribution in [-0.2, 0) is 14.6 Å². The van der Waals surface area contributed by atoms with E-state index in [1.807, 2.05) is 0 Å². The summed E-state index contributed by atoms with van der Waals surface area (Å²) < 4.78 is 61.6. The molecule has 0 aliphatic carbocycles. The Kier molecular flexibility index (Phi) is 4.66. The van der Waals surface area contributed by atoms with E-state index in [-0.39, 0.29) is 27.9 Å². The molecule has 0 radical (unpaired) electrons. The first-order valence-electron chi connectivity index (χ1n) is 6.07. The van der Waals surface area contributed by atoms with E-state index < -0.39 is 33.7 Å². The summed E-state index contributed by atoms with van der Waals surface area (Å²) in [6.07, 6.45) is -5.25. The van der Waals surface area contributed by atoms with Crippen molar-refractivity contribution in [2.45, 2.75) is 18.6 Å². The third kappa shape index (κ3) is 3.67. The number of hydrogen-bond donors (Lipinski definition) is 0. The summed E-state index contributed by atoms with van der Waals surface area (Å²) in [6.45, 7) is 0. The van der Waals surface area contributed by atoms with E-state index in [4.69, 9.17) is 23.2 Å². The van der Waals surface area contributed by atoms with Gasteiger partial charge >= 0.3 is 12.1 Å². The average molecular weight is 376 g/mol. The Morgan fingerprint density at radius 1 is 1.27 bits per heavy atom. The number of sulfone groups is 1. The lowest BCUT2D eigenvalue weighted by atomic mass is 10.1. The summed E-state index contributed by atoms with van der Waals surface area (Å²) in [5, 5.41) is -0.0356. The van der Waals surface area contributed by atoms with Gasteiger partial charge in [-0.3, -0.25) is 9.69 Å². The van der Waals surface area contributed by atoms with Crippen molar-refractivity contribution in [2.24, 2.45) is 0 Å². The molecule has 1 fully saturated rings. The maximum Gasteiger partial charge on any atom is 0.471 e. The Morgan fingerprint density at radius 3 is 2.41 bits per heavy atom. The Labute approximate surface area is 134 Å². The maximum absolute atomic E-state index is 12.8. The summed E-state index contributed by atoms with van der Waals surface area (Å²) >= 11 is 11.6. The maximum atomic E-state index is 12.8. The third-order valence-electron chi connectivity index (χ3n) is 3.20. The molecule has 1 unspecified atom stereocenters. The number of halogens is 5. The molecule has 22 heavy (non-hydrogen) atoms. The number of carbonyl (C=O) groups is 1. The minimum absolute atomic E-state index is 0.0835. The zero-order valence-electron chi connectivity index (χ0n) is 10.9. The molecule has 1 saturated heterocycles. The van der Waals surface area contributed by atoms with Crippen molar-refractivity contribution in [3.05, 3.63) is 28.2 Å². The molecule has 1 amide bonds. The van der Waals surface area contributed by atoms with E-state index in [2.05, 4.69) is 0 Å². The second-order valence-electron chi connectivity index (χ2n) is 4.83. The number of benzene rings is 1. The summed E-state index contributed by atoms with van der Waals surface area (Å²) in [5.74, 6) is -2.99. The fourth-order valence-corrected chi connectivity index (χ4v) is 4.33. The molecule has 2 rings (SSSR count). The van der Waals surface area contributed by atoms with Gasteiger partial charge in [0.25, 0.3) is 0 Å². The second-order valence-corrected chi connectivity index (χ2v) is 7.90. The van der Waals surface area contributed by atoms with Gasteiger partial charge in [0, 0.05) is 5.02 Å². The molecule has 0 saturated carbocycles. The minimum atomic E-state index is -5.15. The topological polar surface area (TPSA) is 54.5 Å². The first kappa shape index (κ1) is 17.4. The highest BCUT2D eigenvalue weighted by atomic mass is 35.5. The minimum Gasteiger partial charge on any atom is -0.299 e. The third-order valence-corrected chi connectivity index (χ3v) is 5.51. The predicted octanol–water partition coefficient (Wildman–Crippen LogP) is 3.08. The second kappa shape index (κ2) is 5.90. The van der Waals surface area contributed by atoms with E-state index in [1.165, 1.54) is 12.1 Å². The Balaban J connectivity index is 2.51. The van der Waals surface area contributed by atoms with Gasteiger partial charge in [0.05, 0.1) is 28.3 Å². The number of amides is 1. The Bertz CT molecular complexity index is 706. The zero-order chi connectivity index (χ0) is 16.7. The van der Waals surface area contributed by atoms with Crippen LogP contribution in [0.5, 0.6) is 0 Å². The Morgan fingerprint density at radius 2 is 1.91 bits per heavy atom. The summed E-state index contributed by atoms with van der Waals surface area (Å²) in [7, 11) is -3.49. The van der Waals surface area contributed by atoms with Gasteiger partial charge in [-0.05, 0) is 24.6 Å². The van der Waals surface area contributed by atoms with Gasteiger partial charge in [0.2, 0.25) is 0 Å². The molecule has 0 spiro atoms. The van der Waals surface area contributed by atoms with Crippen LogP contribution in [0, 0.1) is 0 Å². The van der Waals surface area contributed by atoms with E-state index in [1.54, 1.807) is 0 Å². The zero-order valence-corrected chi connectivity index (χ0v) is 13.2. The van der Waals surface area contributed by atoms with Crippen LogP contribution in [0.1, 0.15) is 6.42 Å². The van der Waals surface area contributed by atoms with Crippen molar-refractivity contribution in [1.29, 1.82) is 0 Å². The average Bonchev–Trinajstić information content (AvgIpc) is 2.73. The van der Waals surface area contributed by atoms with Crippen LogP contribution in [0.3, 0.4) is 0 Å². The molecule has 0 bridgehead atoms. The van der Waals surface area contributed by atoms with E-state index in [0.29, 0.717) is 4.90 Å². The molecule has 1 aliphatic heterocycles. The lowest BCUT2D eigenvalue weighted by Crippen LogP contribution is -2.48. The van der Waals surface area contributed by atoms with Gasteiger partial charge < -0.3 is 0 Å². The number of carbonyl (C=O) groups excluding carboxylic acids is 1. The molecule has 1 aliphatic rings. The van der Waals surface area contributed by atoms with Crippen LogP contribution in [0.4, 0.5) is 18.9 Å². The fourth-order valence-electron chi connectivity index (χ4n) is 2.26. The first-order valence-corrected chi connectivity index (χ1v) is 8.65. The van der Waals surface area contributed by atoms with Crippen LogP contribution in [0.25, 0.3) is 0 Å². The van der Waals surface area contributed by atoms with Crippen molar-refractivity contribution in [2.75, 3.05) is 16.4 Å². The number of rotatable bonds is 2. The van der Waals surface area contributed by atoms with Gasteiger partial charge in [-0.1, -0.05) is 23.2 Å². The molecule has 0 aromatic heterocycles. The van der Waals surface area contributed by atoms with E-state index in [0.717, 1.165) is 6.07 Å². The molecular formula is C12H10Cl2F3NO3S. The highest BCUT2D eigenvalue weighted by Crippen LogP contribution is 2.35. The number of nitrogens with zero attached hydrogens (tertiary/aromatic N) is 1. The van der Waals surface area contributed by atoms with Gasteiger partial charge in [-0.2, -0.15) is 13.2 Å². The summed E-state index contributed by atoms with van der Waals surface area (Å²) in [4.78, 5) is 12.1. The van der Waals surface area contributed by atoms with Crippen molar-refractivity contribution in [1.82, 2.24) is 0 Å². The standard InChI is InChI=1S/C12H10Cl2F3NO3S/c13-7-1-2-9(14)10(5-7)18(11(19)12(15,16)17)8-3-4-22(20,21)6-8/h1-2,5,8H,3-4,6H2. The highest BCUT2D eigenvalue weighted by molar-refractivity contribution is 7.91. The quantitative estimate of drug-likeness (QED) is 0.797. The van der Waals surface area contributed by atoms with Crippen LogP contribution >= 0.6 is 23.2 Å². The molecule has 1 heterocycles. The summed E-state index contributed by atoms with van der Waals surface area (Å²) in [5.41, 5.74) is -0.251.